The lowest BCUT2D eigenvalue weighted by atomic mass is 10.1. The number of nitrogens with zero attached hydrogens (tertiary/aromatic N) is 4. The highest BCUT2D eigenvalue weighted by atomic mass is 16.5. The van der Waals surface area contributed by atoms with Gasteiger partial charge in [0.1, 0.15) is 11.4 Å². The molecule has 0 saturated carbocycles. The third kappa shape index (κ3) is 4.74. The Bertz CT molecular complexity index is 888. The standard InChI is InChI=1S/C20H26N6O3/c1-4-22-19-23-13-16-17(24-19)25(3)9-10-26(18(16)27)15-7-5-6-14(12-15)8-11-29-20(28)21-2/h5-7,12-13H,4,8-11H2,1-3H3,(H,21,28)(H,22,23,24). The van der Waals surface area contributed by atoms with Crippen molar-refractivity contribution >= 4 is 29.5 Å². The van der Waals surface area contributed by atoms with Crippen molar-refractivity contribution in [2.45, 2.75) is 13.3 Å². The highest BCUT2D eigenvalue weighted by Gasteiger charge is 2.28. The second-order valence-corrected chi connectivity index (χ2v) is 6.65. The first kappa shape index (κ1) is 20.4. The Morgan fingerprint density at radius 3 is 2.90 bits per heavy atom. The van der Waals surface area contributed by atoms with Gasteiger partial charge in [0, 0.05) is 52.0 Å². The number of likely N-dealkylation sites (N-methyl/N-ethyl adjacent to an activating group) is 1. The topological polar surface area (TPSA) is 99.7 Å². The van der Waals surface area contributed by atoms with Gasteiger partial charge < -0.3 is 25.2 Å². The SMILES string of the molecule is CCNc1ncc2c(n1)N(C)CCN(c1cccc(CCOC(=O)NC)c1)C2=O. The van der Waals surface area contributed by atoms with Crippen LogP contribution in [0.25, 0.3) is 0 Å². The summed E-state index contributed by atoms with van der Waals surface area (Å²) in [6.45, 7) is 4.12. The van der Waals surface area contributed by atoms with Crippen LogP contribution < -0.4 is 20.4 Å². The Balaban J connectivity index is 1.81. The number of rotatable bonds is 6. The predicted molar refractivity (Wildman–Crippen MR) is 112 cm³/mol. The molecule has 0 atom stereocenters. The van der Waals surface area contributed by atoms with Crippen LogP contribution >= 0.6 is 0 Å². The molecular formula is C20H26N6O3. The van der Waals surface area contributed by atoms with E-state index in [0.717, 1.165) is 11.3 Å². The van der Waals surface area contributed by atoms with Crippen LogP contribution in [0.5, 0.6) is 0 Å². The first-order valence-corrected chi connectivity index (χ1v) is 9.60. The van der Waals surface area contributed by atoms with E-state index < -0.39 is 6.09 Å². The summed E-state index contributed by atoms with van der Waals surface area (Å²) in [7, 11) is 3.44. The van der Waals surface area contributed by atoms with Crippen molar-refractivity contribution in [1.29, 1.82) is 0 Å². The fourth-order valence-corrected chi connectivity index (χ4v) is 3.12. The van der Waals surface area contributed by atoms with E-state index in [0.29, 0.717) is 43.4 Å². The van der Waals surface area contributed by atoms with Gasteiger partial charge in [-0.2, -0.15) is 4.98 Å². The highest BCUT2D eigenvalue weighted by Crippen LogP contribution is 2.26. The number of carbonyl (C=O) groups excluding carboxylic acids is 2. The number of fused-ring (bicyclic) bond motifs is 1. The van der Waals surface area contributed by atoms with E-state index in [1.807, 2.05) is 43.1 Å². The maximum Gasteiger partial charge on any atom is 0.406 e. The molecule has 29 heavy (non-hydrogen) atoms. The van der Waals surface area contributed by atoms with Gasteiger partial charge >= 0.3 is 6.09 Å². The van der Waals surface area contributed by atoms with Gasteiger partial charge in [-0.05, 0) is 24.6 Å². The molecule has 0 fully saturated rings. The van der Waals surface area contributed by atoms with Crippen molar-refractivity contribution in [2.24, 2.45) is 0 Å². The summed E-state index contributed by atoms with van der Waals surface area (Å²) in [4.78, 5) is 36.9. The van der Waals surface area contributed by atoms with Gasteiger partial charge in [0.25, 0.3) is 5.91 Å². The van der Waals surface area contributed by atoms with Crippen molar-refractivity contribution in [2.75, 3.05) is 55.5 Å². The quantitative estimate of drug-likeness (QED) is 0.767. The Hall–Kier alpha value is -3.36. The van der Waals surface area contributed by atoms with Crippen LogP contribution in [0.1, 0.15) is 22.8 Å². The summed E-state index contributed by atoms with van der Waals surface area (Å²) in [5, 5.41) is 5.50. The summed E-state index contributed by atoms with van der Waals surface area (Å²) < 4.78 is 5.05. The Kier molecular flexibility index (Phi) is 6.48. The second kappa shape index (κ2) is 9.22. The third-order valence-electron chi connectivity index (χ3n) is 4.65. The van der Waals surface area contributed by atoms with Crippen LogP contribution in [-0.4, -0.2) is 62.3 Å². The number of ether oxygens (including phenoxy) is 1. The number of amides is 2. The van der Waals surface area contributed by atoms with E-state index >= 15 is 0 Å². The lowest BCUT2D eigenvalue weighted by molar-refractivity contribution is 0.0989. The van der Waals surface area contributed by atoms with Gasteiger partial charge in [0.2, 0.25) is 5.95 Å². The number of benzene rings is 1. The maximum absolute atomic E-state index is 13.2. The molecule has 9 heteroatoms. The molecule has 154 valence electrons. The first-order valence-electron chi connectivity index (χ1n) is 9.60. The monoisotopic (exact) mass is 398 g/mol. The zero-order valence-electron chi connectivity index (χ0n) is 16.9. The van der Waals surface area contributed by atoms with Crippen LogP contribution in [0, 0.1) is 0 Å². The lowest BCUT2D eigenvalue weighted by Gasteiger charge is -2.21. The average Bonchev–Trinajstić information content (AvgIpc) is 2.85. The molecule has 2 heterocycles. The van der Waals surface area contributed by atoms with Crippen LogP contribution in [0.4, 0.5) is 22.2 Å². The zero-order valence-corrected chi connectivity index (χ0v) is 16.9. The van der Waals surface area contributed by atoms with Gasteiger partial charge in [0.05, 0.1) is 6.61 Å². The number of alkyl carbamates (subject to hydrolysis) is 1. The number of carbonyl (C=O) groups is 2. The smallest absolute Gasteiger partial charge is 0.406 e. The van der Waals surface area contributed by atoms with Gasteiger partial charge in [-0.1, -0.05) is 12.1 Å². The summed E-state index contributed by atoms with van der Waals surface area (Å²) in [6, 6.07) is 7.70. The molecule has 2 amide bonds. The zero-order chi connectivity index (χ0) is 20.8. The first-order chi connectivity index (χ1) is 14.0. The number of aromatic nitrogens is 2. The van der Waals surface area contributed by atoms with Gasteiger partial charge in [0.15, 0.2) is 0 Å². The molecule has 0 bridgehead atoms. The van der Waals surface area contributed by atoms with E-state index in [-0.39, 0.29) is 12.5 Å². The second-order valence-electron chi connectivity index (χ2n) is 6.65. The van der Waals surface area contributed by atoms with Crippen molar-refractivity contribution in [1.82, 2.24) is 15.3 Å². The number of hydrogen-bond donors (Lipinski definition) is 2. The molecule has 9 nitrogen and oxygen atoms in total. The summed E-state index contributed by atoms with van der Waals surface area (Å²) in [5.41, 5.74) is 2.25. The lowest BCUT2D eigenvalue weighted by Crippen LogP contribution is -2.33. The van der Waals surface area contributed by atoms with Gasteiger partial charge in [-0.3, -0.25) is 4.79 Å². The van der Waals surface area contributed by atoms with Crippen molar-refractivity contribution in [3.8, 4) is 0 Å². The molecule has 0 aliphatic carbocycles. The number of hydrogen-bond acceptors (Lipinski definition) is 7. The minimum atomic E-state index is -0.458. The largest absolute Gasteiger partial charge is 0.449 e. The summed E-state index contributed by atoms with van der Waals surface area (Å²) in [6.07, 6.45) is 1.69. The van der Waals surface area contributed by atoms with E-state index in [4.69, 9.17) is 4.74 Å². The van der Waals surface area contributed by atoms with E-state index in [9.17, 15) is 9.59 Å². The highest BCUT2D eigenvalue weighted by molar-refractivity contribution is 6.09. The molecule has 2 aromatic rings. The van der Waals surface area contributed by atoms with Gasteiger partial charge in [-0.25, -0.2) is 9.78 Å². The molecule has 1 aromatic heterocycles. The van der Waals surface area contributed by atoms with Crippen molar-refractivity contribution < 1.29 is 14.3 Å². The minimum Gasteiger partial charge on any atom is -0.449 e. The number of anilines is 3. The van der Waals surface area contributed by atoms with E-state index in [2.05, 4.69) is 20.6 Å². The van der Waals surface area contributed by atoms with E-state index in [1.54, 1.807) is 11.1 Å². The third-order valence-corrected chi connectivity index (χ3v) is 4.65. The molecule has 1 aromatic carbocycles. The van der Waals surface area contributed by atoms with Crippen LogP contribution in [0.2, 0.25) is 0 Å². The number of nitrogens with one attached hydrogen (secondary N) is 2. The molecule has 0 unspecified atom stereocenters. The van der Waals surface area contributed by atoms with Crippen molar-refractivity contribution in [3.05, 3.63) is 41.6 Å². The Morgan fingerprint density at radius 2 is 2.14 bits per heavy atom. The fraction of sp³-hybridized carbons (Fsp3) is 0.400. The maximum atomic E-state index is 13.2. The molecular weight excluding hydrogens is 372 g/mol. The molecule has 0 saturated heterocycles. The minimum absolute atomic E-state index is 0.133. The normalized spacial score (nSPS) is 13.6. The average molecular weight is 398 g/mol. The Morgan fingerprint density at radius 1 is 1.31 bits per heavy atom. The molecule has 1 aliphatic rings. The van der Waals surface area contributed by atoms with Crippen molar-refractivity contribution in [3.63, 3.8) is 0 Å². The molecule has 1 aliphatic heterocycles. The Labute approximate surface area is 170 Å². The van der Waals surface area contributed by atoms with Gasteiger partial charge in [-0.15, -0.1) is 0 Å². The van der Waals surface area contributed by atoms with Crippen LogP contribution in [-0.2, 0) is 11.2 Å². The molecule has 0 spiro atoms. The molecule has 0 radical (unpaired) electrons. The summed E-state index contributed by atoms with van der Waals surface area (Å²) in [5.74, 6) is 1.00. The predicted octanol–water partition coefficient (Wildman–Crippen LogP) is 1.90. The van der Waals surface area contributed by atoms with E-state index in [1.165, 1.54) is 7.05 Å². The molecule has 2 N–H and O–H groups in total. The molecule has 3 rings (SSSR count). The van der Waals surface area contributed by atoms with Crippen LogP contribution in [0.15, 0.2) is 30.5 Å². The van der Waals surface area contributed by atoms with Crippen LogP contribution in [0.3, 0.4) is 0 Å². The summed E-state index contributed by atoms with van der Waals surface area (Å²) >= 11 is 0. The fourth-order valence-electron chi connectivity index (χ4n) is 3.12.